The molecular weight excluding hydrogens is 263 g/mol. The number of hydrogen-bond acceptors (Lipinski definition) is 2. The smallest absolute Gasteiger partial charge is 0.234 e. The third kappa shape index (κ3) is 3.64. The number of thiocarbonyl (C=S) groups is 1. The zero-order chi connectivity index (χ0) is 13.0. The zero-order valence-electron chi connectivity index (χ0n) is 9.17. The summed E-state index contributed by atoms with van der Waals surface area (Å²) in [5.74, 6) is -1.35. The maximum absolute atomic E-state index is 12.8. The van der Waals surface area contributed by atoms with Gasteiger partial charge in [0.25, 0.3) is 0 Å². The third-order valence-corrected chi connectivity index (χ3v) is 2.85. The van der Waals surface area contributed by atoms with Gasteiger partial charge in [-0.1, -0.05) is 30.7 Å². The van der Waals surface area contributed by atoms with Crippen molar-refractivity contribution in [3.05, 3.63) is 29.0 Å². The molecule has 1 rings (SSSR count). The SMILES string of the molecule is CCC(C(=O)Nc1ccc(F)cc1Cl)C(N)=S. The van der Waals surface area contributed by atoms with E-state index in [9.17, 15) is 9.18 Å². The van der Waals surface area contributed by atoms with E-state index in [1.807, 2.05) is 0 Å². The van der Waals surface area contributed by atoms with Crippen LogP contribution in [0.4, 0.5) is 10.1 Å². The molecule has 0 fully saturated rings. The van der Waals surface area contributed by atoms with Crippen LogP contribution < -0.4 is 11.1 Å². The van der Waals surface area contributed by atoms with E-state index in [4.69, 9.17) is 29.6 Å². The molecule has 3 nitrogen and oxygen atoms in total. The second kappa shape index (κ2) is 5.93. The first kappa shape index (κ1) is 13.9. The van der Waals surface area contributed by atoms with E-state index in [0.717, 1.165) is 6.07 Å². The van der Waals surface area contributed by atoms with Gasteiger partial charge in [-0.15, -0.1) is 0 Å². The molecule has 92 valence electrons. The summed E-state index contributed by atoms with van der Waals surface area (Å²) in [7, 11) is 0. The van der Waals surface area contributed by atoms with E-state index in [1.54, 1.807) is 6.92 Å². The number of anilines is 1. The van der Waals surface area contributed by atoms with Gasteiger partial charge in [0.15, 0.2) is 0 Å². The molecule has 0 aliphatic carbocycles. The van der Waals surface area contributed by atoms with Crippen LogP contribution in [0.15, 0.2) is 18.2 Å². The number of hydrogen-bond donors (Lipinski definition) is 2. The lowest BCUT2D eigenvalue weighted by Crippen LogP contribution is -2.32. The van der Waals surface area contributed by atoms with E-state index in [0.29, 0.717) is 12.1 Å². The summed E-state index contributed by atoms with van der Waals surface area (Å²) in [6.45, 7) is 1.80. The minimum atomic E-state index is -0.550. The second-order valence-corrected chi connectivity index (χ2v) is 4.36. The second-order valence-electron chi connectivity index (χ2n) is 3.48. The number of carbonyl (C=O) groups is 1. The Bertz CT molecular complexity index is 453. The highest BCUT2D eigenvalue weighted by atomic mass is 35.5. The highest BCUT2D eigenvalue weighted by molar-refractivity contribution is 7.80. The van der Waals surface area contributed by atoms with Crippen LogP contribution in [0.2, 0.25) is 5.02 Å². The Morgan fingerprint density at radius 1 is 1.65 bits per heavy atom. The van der Waals surface area contributed by atoms with Crippen molar-refractivity contribution < 1.29 is 9.18 Å². The monoisotopic (exact) mass is 274 g/mol. The van der Waals surface area contributed by atoms with Gasteiger partial charge < -0.3 is 11.1 Å². The molecule has 1 atom stereocenters. The van der Waals surface area contributed by atoms with Crippen molar-refractivity contribution in [1.82, 2.24) is 0 Å². The molecule has 17 heavy (non-hydrogen) atoms. The Hall–Kier alpha value is -1.20. The fourth-order valence-electron chi connectivity index (χ4n) is 1.33. The lowest BCUT2D eigenvalue weighted by molar-refractivity contribution is -0.118. The highest BCUT2D eigenvalue weighted by Gasteiger charge is 2.20. The largest absolute Gasteiger partial charge is 0.393 e. The molecule has 0 aliphatic heterocycles. The van der Waals surface area contributed by atoms with E-state index in [2.05, 4.69) is 5.32 Å². The van der Waals surface area contributed by atoms with Gasteiger partial charge in [0.05, 0.1) is 21.6 Å². The summed E-state index contributed by atoms with van der Waals surface area (Å²) in [6.07, 6.45) is 0.500. The minimum absolute atomic E-state index is 0.128. The predicted molar refractivity (Wildman–Crippen MR) is 70.6 cm³/mol. The number of nitrogens with one attached hydrogen (secondary N) is 1. The number of amides is 1. The first-order chi connectivity index (χ1) is 7.95. The van der Waals surface area contributed by atoms with Crippen LogP contribution in [0.5, 0.6) is 0 Å². The molecule has 0 aliphatic rings. The summed E-state index contributed by atoms with van der Waals surface area (Å²) < 4.78 is 12.8. The van der Waals surface area contributed by atoms with E-state index >= 15 is 0 Å². The summed E-state index contributed by atoms with van der Waals surface area (Å²) in [5.41, 5.74) is 5.78. The molecule has 0 spiro atoms. The molecule has 1 amide bonds. The Morgan fingerprint density at radius 3 is 2.76 bits per heavy atom. The molecule has 0 aromatic heterocycles. The first-order valence-corrected chi connectivity index (χ1v) is 5.79. The van der Waals surface area contributed by atoms with Crippen LogP contribution in [0.1, 0.15) is 13.3 Å². The van der Waals surface area contributed by atoms with Gasteiger partial charge in [-0.25, -0.2) is 4.39 Å². The van der Waals surface area contributed by atoms with Gasteiger partial charge in [0.1, 0.15) is 5.82 Å². The molecule has 1 aromatic carbocycles. The summed E-state index contributed by atoms with van der Waals surface area (Å²) >= 11 is 10.6. The highest BCUT2D eigenvalue weighted by Crippen LogP contribution is 2.23. The van der Waals surface area contributed by atoms with E-state index in [1.165, 1.54) is 12.1 Å². The zero-order valence-corrected chi connectivity index (χ0v) is 10.7. The molecule has 1 unspecified atom stereocenters. The normalized spacial score (nSPS) is 11.9. The standard InChI is InChI=1S/C11H12ClFN2OS/c1-2-7(10(14)17)11(16)15-9-4-3-6(13)5-8(9)12/h3-5,7H,2H2,1H3,(H2,14,17)(H,15,16). The molecule has 0 bridgehead atoms. The average molecular weight is 275 g/mol. The molecule has 0 saturated carbocycles. The number of benzene rings is 1. The number of carbonyl (C=O) groups excluding carboxylic acids is 1. The van der Waals surface area contributed by atoms with Gasteiger partial charge in [-0.2, -0.15) is 0 Å². The molecular formula is C11H12ClFN2OS. The Labute approximate surface area is 109 Å². The fourth-order valence-corrected chi connectivity index (χ4v) is 1.81. The first-order valence-electron chi connectivity index (χ1n) is 5.01. The predicted octanol–water partition coefficient (Wildman–Crippen LogP) is 2.73. The summed E-state index contributed by atoms with van der Waals surface area (Å²) in [4.78, 5) is 11.9. The fraction of sp³-hybridized carbons (Fsp3) is 0.273. The van der Waals surface area contributed by atoms with Crippen molar-refractivity contribution in [3.63, 3.8) is 0 Å². The van der Waals surface area contributed by atoms with Crippen LogP contribution in [0, 0.1) is 11.7 Å². The summed E-state index contributed by atoms with van der Waals surface area (Å²) in [6, 6.07) is 3.73. The topological polar surface area (TPSA) is 55.1 Å². The van der Waals surface area contributed by atoms with Crippen LogP contribution in [-0.2, 0) is 4.79 Å². The van der Waals surface area contributed by atoms with E-state index in [-0.39, 0.29) is 15.9 Å². The molecule has 6 heteroatoms. The molecule has 3 N–H and O–H groups in total. The van der Waals surface area contributed by atoms with Gasteiger partial charge in [-0.05, 0) is 24.6 Å². The van der Waals surface area contributed by atoms with Crippen LogP contribution in [0.25, 0.3) is 0 Å². The minimum Gasteiger partial charge on any atom is -0.393 e. The number of nitrogens with two attached hydrogens (primary N) is 1. The molecule has 0 heterocycles. The average Bonchev–Trinajstić information content (AvgIpc) is 2.22. The van der Waals surface area contributed by atoms with Gasteiger partial charge in [0.2, 0.25) is 5.91 Å². The third-order valence-electron chi connectivity index (χ3n) is 2.26. The Balaban J connectivity index is 2.84. The van der Waals surface area contributed by atoms with Gasteiger partial charge in [0, 0.05) is 0 Å². The van der Waals surface area contributed by atoms with Crippen molar-refractivity contribution in [3.8, 4) is 0 Å². The lowest BCUT2D eigenvalue weighted by atomic mass is 10.1. The van der Waals surface area contributed by atoms with Crippen LogP contribution in [0.3, 0.4) is 0 Å². The van der Waals surface area contributed by atoms with Crippen LogP contribution >= 0.6 is 23.8 Å². The Kier molecular flexibility index (Phi) is 4.84. The van der Waals surface area contributed by atoms with Crippen molar-refractivity contribution >= 4 is 40.4 Å². The van der Waals surface area contributed by atoms with Crippen molar-refractivity contribution in [1.29, 1.82) is 0 Å². The maximum Gasteiger partial charge on any atom is 0.234 e. The summed E-state index contributed by atoms with van der Waals surface area (Å²) in [5, 5.41) is 2.70. The molecule has 0 saturated heterocycles. The van der Waals surface area contributed by atoms with Gasteiger partial charge in [-0.3, -0.25) is 4.79 Å². The van der Waals surface area contributed by atoms with Gasteiger partial charge >= 0.3 is 0 Å². The van der Waals surface area contributed by atoms with Crippen molar-refractivity contribution in [2.45, 2.75) is 13.3 Å². The molecule has 0 radical (unpaired) electrons. The van der Waals surface area contributed by atoms with Crippen molar-refractivity contribution in [2.24, 2.45) is 11.7 Å². The Morgan fingerprint density at radius 2 is 2.29 bits per heavy atom. The number of rotatable bonds is 4. The van der Waals surface area contributed by atoms with Crippen LogP contribution in [-0.4, -0.2) is 10.9 Å². The quantitative estimate of drug-likeness (QED) is 0.830. The maximum atomic E-state index is 12.8. The number of halogens is 2. The lowest BCUT2D eigenvalue weighted by Gasteiger charge is -2.14. The molecule has 1 aromatic rings. The van der Waals surface area contributed by atoms with Crippen molar-refractivity contribution in [2.75, 3.05) is 5.32 Å². The van der Waals surface area contributed by atoms with E-state index < -0.39 is 11.7 Å².